The molecule has 0 aromatic carbocycles. The maximum atomic E-state index is 5.11. The lowest BCUT2D eigenvalue weighted by molar-refractivity contribution is 0.157. The second-order valence-electron chi connectivity index (χ2n) is 6.18. The van der Waals surface area contributed by atoms with Crippen molar-refractivity contribution < 1.29 is 4.74 Å². The van der Waals surface area contributed by atoms with E-state index in [-0.39, 0.29) is 0 Å². The zero-order chi connectivity index (χ0) is 16.4. The third kappa shape index (κ3) is 3.22. The number of piperazine rings is 1. The van der Waals surface area contributed by atoms with E-state index in [1.54, 1.807) is 18.4 Å². The maximum absolute atomic E-state index is 5.11. The first-order valence-corrected chi connectivity index (χ1v) is 9.11. The summed E-state index contributed by atoms with van der Waals surface area (Å²) in [6.45, 7) is 6.93. The molecule has 24 heavy (non-hydrogen) atoms. The molecule has 0 unspecified atom stereocenters. The summed E-state index contributed by atoms with van der Waals surface area (Å²) in [7, 11) is 1.69. The molecule has 2 aliphatic rings. The highest BCUT2D eigenvalue weighted by molar-refractivity contribution is 7.15. The van der Waals surface area contributed by atoms with Gasteiger partial charge in [-0.2, -0.15) is 0 Å². The summed E-state index contributed by atoms with van der Waals surface area (Å²) >= 11 is 1.63. The third-order valence-corrected chi connectivity index (χ3v) is 5.62. The van der Waals surface area contributed by atoms with Crippen LogP contribution in [0.15, 0.2) is 24.4 Å². The van der Waals surface area contributed by atoms with E-state index in [1.165, 1.54) is 0 Å². The highest BCUT2D eigenvalue weighted by atomic mass is 32.1. The van der Waals surface area contributed by atoms with Gasteiger partial charge in [0.2, 0.25) is 5.13 Å². The van der Waals surface area contributed by atoms with E-state index in [1.807, 2.05) is 12.3 Å². The van der Waals surface area contributed by atoms with Gasteiger partial charge in [0.15, 0.2) is 0 Å². The Kier molecular flexibility index (Phi) is 4.59. The Morgan fingerprint density at radius 2 is 1.96 bits per heavy atom. The molecule has 2 aromatic heterocycles. The monoisotopic (exact) mass is 346 g/mol. The Morgan fingerprint density at radius 1 is 1.12 bits per heavy atom. The van der Waals surface area contributed by atoms with Crippen LogP contribution in [0.4, 0.5) is 10.9 Å². The molecule has 4 rings (SSSR count). The van der Waals surface area contributed by atoms with Crippen LogP contribution in [0.5, 0.6) is 0 Å². The number of hydrogen-bond donors (Lipinski definition) is 0. The van der Waals surface area contributed by atoms with Crippen LogP contribution in [0.2, 0.25) is 0 Å². The fourth-order valence-electron chi connectivity index (χ4n) is 3.25. The Labute approximate surface area is 145 Å². The normalized spacial score (nSPS) is 19.5. The molecule has 7 nitrogen and oxygen atoms in total. The zero-order valence-corrected chi connectivity index (χ0v) is 14.7. The van der Waals surface area contributed by atoms with Crippen molar-refractivity contribution >= 4 is 22.3 Å². The summed E-state index contributed by atoms with van der Waals surface area (Å²) in [6, 6.07) is 6.74. The number of aromatic nitrogens is 3. The lowest BCUT2D eigenvalue weighted by atomic mass is 10.1. The van der Waals surface area contributed by atoms with Gasteiger partial charge in [-0.3, -0.25) is 4.90 Å². The number of hydrogen-bond acceptors (Lipinski definition) is 8. The van der Waals surface area contributed by atoms with Crippen molar-refractivity contribution in [3.05, 3.63) is 29.4 Å². The van der Waals surface area contributed by atoms with Gasteiger partial charge in [-0.1, -0.05) is 17.4 Å². The second kappa shape index (κ2) is 7.00. The molecule has 8 heteroatoms. The van der Waals surface area contributed by atoms with Crippen molar-refractivity contribution in [2.24, 2.45) is 0 Å². The molecule has 4 heterocycles. The maximum Gasteiger partial charge on any atom is 0.208 e. The predicted molar refractivity (Wildman–Crippen MR) is 94.6 cm³/mol. The van der Waals surface area contributed by atoms with Crippen LogP contribution in [0, 0.1) is 0 Å². The molecule has 128 valence electrons. The smallest absolute Gasteiger partial charge is 0.208 e. The van der Waals surface area contributed by atoms with Gasteiger partial charge in [-0.15, -0.1) is 10.2 Å². The fraction of sp³-hybridized carbons (Fsp3) is 0.562. The van der Waals surface area contributed by atoms with Crippen molar-refractivity contribution in [2.75, 3.05) is 56.2 Å². The second-order valence-corrected chi connectivity index (χ2v) is 7.22. The number of anilines is 2. The highest BCUT2D eigenvalue weighted by Crippen LogP contribution is 2.28. The van der Waals surface area contributed by atoms with Gasteiger partial charge in [0.05, 0.1) is 0 Å². The predicted octanol–water partition coefficient (Wildman–Crippen LogP) is 1.09. The van der Waals surface area contributed by atoms with E-state index in [0.29, 0.717) is 12.6 Å². The molecule has 2 aromatic rings. The summed E-state index contributed by atoms with van der Waals surface area (Å²) in [6.07, 6.45) is 1.87. The van der Waals surface area contributed by atoms with Crippen LogP contribution in [0.3, 0.4) is 0 Å². The Balaban J connectivity index is 1.26. The van der Waals surface area contributed by atoms with Crippen LogP contribution < -0.4 is 9.80 Å². The zero-order valence-electron chi connectivity index (χ0n) is 13.8. The first kappa shape index (κ1) is 15.7. The first-order chi connectivity index (χ1) is 11.8. The van der Waals surface area contributed by atoms with Crippen LogP contribution >= 0.6 is 11.3 Å². The van der Waals surface area contributed by atoms with E-state index in [9.17, 15) is 0 Å². The van der Waals surface area contributed by atoms with Gasteiger partial charge >= 0.3 is 0 Å². The lowest BCUT2D eigenvalue weighted by Gasteiger charge is -2.48. The third-order valence-electron chi connectivity index (χ3n) is 4.66. The minimum absolute atomic E-state index is 0.546. The first-order valence-electron chi connectivity index (χ1n) is 8.30. The van der Waals surface area contributed by atoms with Gasteiger partial charge in [-0.05, 0) is 12.1 Å². The van der Waals surface area contributed by atoms with Crippen molar-refractivity contribution in [2.45, 2.75) is 12.6 Å². The van der Waals surface area contributed by atoms with Crippen molar-refractivity contribution in [3.63, 3.8) is 0 Å². The van der Waals surface area contributed by atoms with Crippen LogP contribution in [-0.4, -0.2) is 72.5 Å². The van der Waals surface area contributed by atoms with E-state index in [0.717, 1.165) is 55.2 Å². The van der Waals surface area contributed by atoms with Crippen molar-refractivity contribution in [3.8, 4) is 0 Å². The minimum Gasteiger partial charge on any atom is -0.377 e. The molecule has 0 saturated carbocycles. The summed E-state index contributed by atoms with van der Waals surface area (Å²) in [5, 5.41) is 10.4. The van der Waals surface area contributed by atoms with E-state index in [4.69, 9.17) is 4.74 Å². The lowest BCUT2D eigenvalue weighted by Crippen LogP contribution is -2.63. The van der Waals surface area contributed by atoms with E-state index >= 15 is 0 Å². The number of pyridine rings is 1. The molecule has 2 fully saturated rings. The standard InChI is InChI=1S/C16H22N6OS/c1-23-12-15-18-19-16(24-15)22-10-13(11-22)20-6-8-21(9-7-20)14-4-2-3-5-17-14/h2-5,13H,6-12H2,1H3. The van der Waals surface area contributed by atoms with Crippen molar-refractivity contribution in [1.29, 1.82) is 0 Å². The summed E-state index contributed by atoms with van der Waals surface area (Å²) in [5.41, 5.74) is 0. The molecule has 0 atom stereocenters. The number of ether oxygens (including phenoxy) is 1. The average molecular weight is 346 g/mol. The Hall–Kier alpha value is -1.77. The Bertz CT molecular complexity index is 652. The molecule has 0 aliphatic carbocycles. The van der Waals surface area contributed by atoms with Crippen LogP contribution in [0.25, 0.3) is 0 Å². The average Bonchev–Trinajstić information content (AvgIpc) is 3.04. The topological polar surface area (TPSA) is 57.6 Å². The molecule has 2 aliphatic heterocycles. The summed E-state index contributed by atoms with van der Waals surface area (Å²) in [4.78, 5) is 11.7. The van der Waals surface area contributed by atoms with Gasteiger partial charge in [0.1, 0.15) is 17.4 Å². The van der Waals surface area contributed by atoms with E-state index < -0.39 is 0 Å². The molecular weight excluding hydrogens is 324 g/mol. The molecule has 0 bridgehead atoms. The molecule has 0 spiro atoms. The van der Waals surface area contributed by atoms with Crippen molar-refractivity contribution in [1.82, 2.24) is 20.1 Å². The van der Waals surface area contributed by atoms with Crippen LogP contribution in [-0.2, 0) is 11.3 Å². The summed E-state index contributed by atoms with van der Waals surface area (Å²) < 4.78 is 5.11. The van der Waals surface area contributed by atoms with E-state index in [2.05, 4.69) is 42.0 Å². The minimum atomic E-state index is 0.546. The quantitative estimate of drug-likeness (QED) is 0.803. The molecule has 0 radical (unpaired) electrons. The largest absolute Gasteiger partial charge is 0.377 e. The van der Waals surface area contributed by atoms with Crippen LogP contribution in [0.1, 0.15) is 5.01 Å². The molecular formula is C16H22N6OS. The number of methoxy groups -OCH3 is 1. The SMILES string of the molecule is COCc1nnc(N2CC(N3CCN(c4ccccn4)CC3)C2)s1. The number of rotatable bonds is 5. The Morgan fingerprint density at radius 3 is 2.67 bits per heavy atom. The van der Waals surface area contributed by atoms with Gasteiger partial charge in [0, 0.05) is 58.6 Å². The van der Waals surface area contributed by atoms with Gasteiger partial charge < -0.3 is 14.5 Å². The fourth-order valence-corrected chi connectivity index (χ4v) is 4.08. The highest BCUT2D eigenvalue weighted by Gasteiger charge is 2.35. The van der Waals surface area contributed by atoms with Gasteiger partial charge in [-0.25, -0.2) is 4.98 Å². The molecule has 0 N–H and O–H groups in total. The molecule has 0 amide bonds. The molecule has 2 saturated heterocycles. The number of nitrogens with zero attached hydrogens (tertiary/aromatic N) is 6. The van der Waals surface area contributed by atoms with Gasteiger partial charge in [0.25, 0.3) is 0 Å². The summed E-state index contributed by atoms with van der Waals surface area (Å²) in [5.74, 6) is 1.09.